The Morgan fingerprint density at radius 3 is 2.31 bits per heavy atom. The molecule has 1 aliphatic heterocycles. The molecule has 1 heterocycles. The fraction of sp³-hybridized carbons (Fsp3) is 0.269. The molecule has 4 rings (SSSR count). The predicted octanol–water partition coefficient (Wildman–Crippen LogP) is 3.60. The van der Waals surface area contributed by atoms with Crippen molar-refractivity contribution < 1.29 is 22.3 Å². The highest BCUT2D eigenvalue weighted by molar-refractivity contribution is 7.92. The van der Waals surface area contributed by atoms with E-state index in [4.69, 9.17) is 4.74 Å². The van der Waals surface area contributed by atoms with Crippen molar-refractivity contribution in [2.75, 3.05) is 31.3 Å². The lowest BCUT2D eigenvalue weighted by molar-refractivity contribution is -0.118. The smallest absolute Gasteiger partial charge is 0.282 e. The Morgan fingerprint density at radius 1 is 0.971 bits per heavy atom. The Bertz CT molecular complexity index is 1250. The van der Waals surface area contributed by atoms with Crippen LogP contribution >= 0.6 is 0 Å². The summed E-state index contributed by atoms with van der Waals surface area (Å²) in [5.41, 5.74) is 3.13. The van der Waals surface area contributed by atoms with Gasteiger partial charge in [-0.15, -0.1) is 0 Å². The fourth-order valence-corrected chi connectivity index (χ4v) is 5.69. The maximum Gasteiger partial charge on any atom is 0.282 e. The van der Waals surface area contributed by atoms with E-state index in [2.05, 4.69) is 4.90 Å². The van der Waals surface area contributed by atoms with Gasteiger partial charge in [-0.3, -0.25) is 9.69 Å². The van der Waals surface area contributed by atoms with Gasteiger partial charge in [0.1, 0.15) is 5.82 Å². The van der Waals surface area contributed by atoms with Gasteiger partial charge in [0, 0.05) is 20.2 Å². The maximum atomic E-state index is 13.8. The molecule has 1 aliphatic rings. The summed E-state index contributed by atoms with van der Waals surface area (Å²) in [6.45, 7) is 2.11. The lowest BCUT2D eigenvalue weighted by atomic mass is 10.0. The molecule has 7 nitrogen and oxygen atoms in total. The van der Waals surface area contributed by atoms with Gasteiger partial charge in [-0.05, 0) is 65.9 Å². The third-order valence-electron chi connectivity index (χ3n) is 6.00. The summed E-state index contributed by atoms with van der Waals surface area (Å²) >= 11 is 0. The van der Waals surface area contributed by atoms with Gasteiger partial charge in [0.2, 0.25) is 6.41 Å². The number of carbonyl (C=O) groups excluding carboxylic acids is 1. The van der Waals surface area contributed by atoms with Crippen LogP contribution in [0, 0.1) is 5.82 Å². The number of halogens is 1. The molecule has 35 heavy (non-hydrogen) atoms. The van der Waals surface area contributed by atoms with Gasteiger partial charge in [0.25, 0.3) is 10.0 Å². The second kappa shape index (κ2) is 11.0. The summed E-state index contributed by atoms with van der Waals surface area (Å²) in [6, 6.07) is 19.1. The number of carbonyl (C=O) groups is 1. The van der Waals surface area contributed by atoms with Crippen LogP contribution in [0.1, 0.15) is 16.7 Å². The zero-order chi connectivity index (χ0) is 24.8. The van der Waals surface area contributed by atoms with Gasteiger partial charge in [0.15, 0.2) is 0 Å². The fourth-order valence-electron chi connectivity index (χ4n) is 4.23. The van der Waals surface area contributed by atoms with Crippen molar-refractivity contribution in [1.82, 2.24) is 9.91 Å². The average Bonchev–Trinajstić information content (AvgIpc) is 3.07. The molecule has 0 N–H and O–H groups in total. The number of hydrogen-bond acceptors (Lipinski definition) is 5. The van der Waals surface area contributed by atoms with Gasteiger partial charge in [-0.1, -0.05) is 36.4 Å². The molecule has 0 saturated carbocycles. The highest BCUT2D eigenvalue weighted by atomic mass is 32.2. The van der Waals surface area contributed by atoms with Crippen LogP contribution < -0.4 is 4.41 Å². The summed E-state index contributed by atoms with van der Waals surface area (Å²) in [6.07, 6.45) is 2.03. The number of fused-ring (bicyclic) bond motifs is 1. The van der Waals surface area contributed by atoms with E-state index in [1.54, 1.807) is 31.4 Å². The molecule has 0 fully saturated rings. The second-order valence-corrected chi connectivity index (χ2v) is 10.1. The largest absolute Gasteiger partial charge is 0.369 e. The third-order valence-corrected chi connectivity index (χ3v) is 7.74. The van der Waals surface area contributed by atoms with Crippen LogP contribution in [0.3, 0.4) is 0 Å². The SMILES string of the molecule is COCN1CCc2ccc(N(N(C=O)Cc3ccc(F)cc3)S(=O)(=O)c3ccccc3)cc2CC1. The Kier molecular flexibility index (Phi) is 7.80. The molecule has 3 aromatic rings. The van der Waals surface area contributed by atoms with Gasteiger partial charge in [0.05, 0.1) is 23.9 Å². The Morgan fingerprint density at radius 2 is 1.66 bits per heavy atom. The van der Waals surface area contributed by atoms with E-state index in [0.717, 1.165) is 46.5 Å². The number of methoxy groups -OCH3 is 1. The highest BCUT2D eigenvalue weighted by Crippen LogP contribution is 2.29. The summed E-state index contributed by atoms with van der Waals surface area (Å²) < 4.78 is 47.3. The molecule has 0 spiro atoms. The predicted molar refractivity (Wildman–Crippen MR) is 131 cm³/mol. The molecule has 0 aromatic heterocycles. The quantitative estimate of drug-likeness (QED) is 0.334. The molecule has 3 aromatic carbocycles. The number of anilines is 1. The van der Waals surface area contributed by atoms with Crippen molar-refractivity contribution in [3.63, 3.8) is 0 Å². The normalized spacial score (nSPS) is 14.1. The number of amides is 1. The standard InChI is InChI=1S/C26H28FN3O4S/c1-34-20-28-15-13-22-9-12-25(17-23(22)14-16-28)30(35(32,33)26-5-3-2-4-6-26)29(19-31)18-21-7-10-24(27)11-8-21/h2-12,17,19H,13-16,18,20H2,1H3. The lowest BCUT2D eigenvalue weighted by Gasteiger charge is -2.33. The second-order valence-electron chi connectivity index (χ2n) is 8.38. The van der Waals surface area contributed by atoms with Crippen LogP contribution in [0.15, 0.2) is 77.7 Å². The minimum absolute atomic E-state index is 0.0471. The summed E-state index contributed by atoms with van der Waals surface area (Å²) in [7, 11) is -2.46. The maximum absolute atomic E-state index is 13.8. The number of sulfonamides is 1. The Hall–Kier alpha value is -3.27. The molecule has 0 saturated heterocycles. The third kappa shape index (κ3) is 5.70. The molecule has 0 atom stereocenters. The Labute approximate surface area is 205 Å². The van der Waals surface area contributed by atoms with E-state index < -0.39 is 15.8 Å². The molecular formula is C26H28FN3O4S. The van der Waals surface area contributed by atoms with Crippen LogP contribution in [0.25, 0.3) is 0 Å². The van der Waals surface area contributed by atoms with E-state index in [1.807, 2.05) is 12.1 Å². The van der Waals surface area contributed by atoms with Crippen molar-refractivity contribution in [2.24, 2.45) is 0 Å². The minimum atomic E-state index is -4.13. The monoisotopic (exact) mass is 497 g/mol. The molecule has 0 radical (unpaired) electrons. The summed E-state index contributed by atoms with van der Waals surface area (Å²) in [4.78, 5) is 14.5. The number of ether oxygens (including phenoxy) is 1. The molecule has 0 unspecified atom stereocenters. The molecule has 1 amide bonds. The molecule has 184 valence electrons. The van der Waals surface area contributed by atoms with E-state index >= 15 is 0 Å². The zero-order valence-electron chi connectivity index (χ0n) is 19.5. The summed E-state index contributed by atoms with van der Waals surface area (Å²) in [5.74, 6) is -0.409. The first kappa shape index (κ1) is 24.8. The van der Waals surface area contributed by atoms with Gasteiger partial charge in [-0.25, -0.2) is 9.40 Å². The first-order valence-corrected chi connectivity index (χ1v) is 12.8. The number of nitrogens with zero attached hydrogens (tertiary/aromatic N) is 3. The number of benzene rings is 3. The van der Waals surface area contributed by atoms with Gasteiger partial charge < -0.3 is 4.74 Å². The van der Waals surface area contributed by atoms with Crippen LogP contribution in [0.5, 0.6) is 0 Å². The van der Waals surface area contributed by atoms with Crippen LogP contribution in [0.2, 0.25) is 0 Å². The van der Waals surface area contributed by atoms with E-state index in [9.17, 15) is 17.6 Å². The molecule has 9 heteroatoms. The van der Waals surface area contributed by atoms with E-state index in [0.29, 0.717) is 24.4 Å². The van der Waals surface area contributed by atoms with Crippen molar-refractivity contribution in [1.29, 1.82) is 0 Å². The first-order chi connectivity index (χ1) is 16.9. The van der Waals surface area contributed by atoms with Crippen molar-refractivity contribution in [2.45, 2.75) is 24.3 Å². The topological polar surface area (TPSA) is 70.2 Å². The van der Waals surface area contributed by atoms with Gasteiger partial charge in [-0.2, -0.15) is 12.8 Å². The molecule has 0 bridgehead atoms. The van der Waals surface area contributed by atoms with Crippen LogP contribution in [0.4, 0.5) is 10.1 Å². The number of rotatable bonds is 9. The van der Waals surface area contributed by atoms with E-state index in [1.165, 1.54) is 36.4 Å². The van der Waals surface area contributed by atoms with Crippen molar-refractivity contribution >= 4 is 22.1 Å². The average molecular weight is 498 g/mol. The number of hydrazine groups is 1. The van der Waals surface area contributed by atoms with Gasteiger partial charge >= 0.3 is 0 Å². The number of hydrogen-bond donors (Lipinski definition) is 0. The molecular weight excluding hydrogens is 469 g/mol. The Balaban J connectivity index is 1.75. The lowest BCUT2D eigenvalue weighted by Crippen LogP contribution is -2.45. The first-order valence-electron chi connectivity index (χ1n) is 11.3. The van der Waals surface area contributed by atoms with Crippen LogP contribution in [-0.2, 0) is 38.9 Å². The zero-order valence-corrected chi connectivity index (χ0v) is 20.3. The van der Waals surface area contributed by atoms with Crippen molar-refractivity contribution in [3.05, 3.63) is 95.3 Å². The van der Waals surface area contributed by atoms with Crippen molar-refractivity contribution in [3.8, 4) is 0 Å². The minimum Gasteiger partial charge on any atom is -0.369 e. The summed E-state index contributed by atoms with van der Waals surface area (Å²) in [5, 5.41) is 1.10. The molecule has 0 aliphatic carbocycles. The van der Waals surface area contributed by atoms with Crippen LogP contribution in [-0.4, -0.2) is 51.7 Å². The highest BCUT2D eigenvalue weighted by Gasteiger charge is 2.31. The van der Waals surface area contributed by atoms with E-state index in [-0.39, 0.29) is 11.4 Å².